The van der Waals surface area contributed by atoms with Crippen LogP contribution in [0.1, 0.15) is 11.1 Å². The number of nitrogens with one attached hydrogen (secondary N) is 2. The smallest absolute Gasteiger partial charge is 0.331 e. The van der Waals surface area contributed by atoms with E-state index in [1.807, 2.05) is 10.9 Å². The van der Waals surface area contributed by atoms with Crippen LogP contribution in [0.4, 0.5) is 0 Å². The van der Waals surface area contributed by atoms with Crippen molar-refractivity contribution in [2.45, 2.75) is 0 Å². The maximum absolute atomic E-state index is 11.7. The summed E-state index contributed by atoms with van der Waals surface area (Å²) in [6.45, 7) is 0. The Labute approximate surface area is 160 Å². The number of ether oxygens (including phenoxy) is 2. The zero-order valence-electron chi connectivity index (χ0n) is 15.0. The maximum Gasteiger partial charge on any atom is 0.331 e. The van der Waals surface area contributed by atoms with Gasteiger partial charge in [0.15, 0.2) is 23.0 Å². The highest BCUT2D eigenvalue weighted by molar-refractivity contribution is 6.35. The fraction of sp³-hybridized carbons (Fsp3) is 0.111. The number of phenolic OH excluding ortho intramolecular Hbond substituents is 2. The maximum atomic E-state index is 11.7. The van der Waals surface area contributed by atoms with Crippen molar-refractivity contribution in [1.82, 2.24) is 10.9 Å². The molecule has 0 aliphatic heterocycles. The van der Waals surface area contributed by atoms with Crippen LogP contribution in [0.25, 0.3) is 0 Å². The van der Waals surface area contributed by atoms with E-state index in [2.05, 4.69) is 10.2 Å². The molecular formula is C18H18N4O6. The highest BCUT2D eigenvalue weighted by Crippen LogP contribution is 2.26. The van der Waals surface area contributed by atoms with Crippen molar-refractivity contribution in [2.24, 2.45) is 10.2 Å². The van der Waals surface area contributed by atoms with E-state index in [9.17, 15) is 19.8 Å². The second-order valence-electron chi connectivity index (χ2n) is 5.26. The van der Waals surface area contributed by atoms with E-state index in [-0.39, 0.29) is 23.0 Å². The monoisotopic (exact) mass is 386 g/mol. The number of amides is 2. The van der Waals surface area contributed by atoms with Crippen molar-refractivity contribution in [3.8, 4) is 23.0 Å². The molecule has 10 nitrogen and oxygen atoms in total. The third-order valence-corrected chi connectivity index (χ3v) is 3.37. The molecule has 2 rings (SSSR count). The molecule has 0 aliphatic rings. The largest absolute Gasteiger partial charge is 0.504 e. The fourth-order valence-corrected chi connectivity index (χ4v) is 1.98. The first-order chi connectivity index (χ1) is 13.4. The van der Waals surface area contributed by atoms with Crippen LogP contribution in [0, 0.1) is 0 Å². The highest BCUT2D eigenvalue weighted by Gasteiger charge is 2.11. The molecule has 0 atom stereocenters. The van der Waals surface area contributed by atoms with Gasteiger partial charge in [-0.3, -0.25) is 9.59 Å². The van der Waals surface area contributed by atoms with Gasteiger partial charge in [0, 0.05) is 0 Å². The first kappa shape index (κ1) is 20.2. The van der Waals surface area contributed by atoms with Gasteiger partial charge < -0.3 is 19.7 Å². The molecule has 0 unspecified atom stereocenters. The predicted octanol–water partition coefficient (Wildman–Crippen LogP) is 0.715. The number of hydrogen-bond acceptors (Lipinski definition) is 8. The van der Waals surface area contributed by atoms with E-state index in [4.69, 9.17) is 9.47 Å². The number of hydrogen-bond donors (Lipinski definition) is 4. The summed E-state index contributed by atoms with van der Waals surface area (Å²) >= 11 is 0. The second-order valence-corrected chi connectivity index (χ2v) is 5.26. The molecule has 0 fully saturated rings. The molecule has 0 heterocycles. The van der Waals surface area contributed by atoms with Crippen LogP contribution < -0.4 is 20.3 Å². The molecule has 0 aliphatic carbocycles. The van der Waals surface area contributed by atoms with Crippen LogP contribution in [0.15, 0.2) is 46.6 Å². The van der Waals surface area contributed by atoms with Crippen LogP contribution >= 0.6 is 0 Å². The molecule has 0 spiro atoms. The van der Waals surface area contributed by atoms with Gasteiger partial charge in [-0.15, -0.1) is 0 Å². The molecule has 2 amide bonds. The van der Waals surface area contributed by atoms with E-state index < -0.39 is 11.8 Å². The van der Waals surface area contributed by atoms with Crippen molar-refractivity contribution in [3.05, 3.63) is 47.5 Å². The quantitative estimate of drug-likeness (QED) is 0.327. The summed E-state index contributed by atoms with van der Waals surface area (Å²) in [4.78, 5) is 23.3. The highest BCUT2D eigenvalue weighted by atomic mass is 16.5. The van der Waals surface area contributed by atoms with Crippen molar-refractivity contribution in [1.29, 1.82) is 0 Å². The minimum absolute atomic E-state index is 0.0350. The number of hydrazone groups is 2. The molecule has 2 aromatic carbocycles. The zero-order chi connectivity index (χ0) is 20.5. The lowest BCUT2D eigenvalue weighted by molar-refractivity contribution is -0.139. The van der Waals surface area contributed by atoms with Crippen molar-refractivity contribution in [2.75, 3.05) is 14.2 Å². The van der Waals surface area contributed by atoms with Crippen LogP contribution in [0.3, 0.4) is 0 Å². The van der Waals surface area contributed by atoms with Gasteiger partial charge in [-0.2, -0.15) is 10.2 Å². The van der Waals surface area contributed by atoms with Crippen LogP contribution in [-0.4, -0.2) is 48.7 Å². The number of carbonyl (C=O) groups excluding carboxylic acids is 2. The Kier molecular flexibility index (Phi) is 6.92. The third-order valence-electron chi connectivity index (χ3n) is 3.37. The number of phenols is 2. The summed E-state index contributed by atoms with van der Waals surface area (Å²) in [6, 6.07) is 8.90. The van der Waals surface area contributed by atoms with Gasteiger partial charge in [-0.25, -0.2) is 10.9 Å². The lowest BCUT2D eigenvalue weighted by atomic mass is 10.2. The van der Waals surface area contributed by atoms with Gasteiger partial charge in [0.1, 0.15) is 0 Å². The molecule has 28 heavy (non-hydrogen) atoms. The molecule has 0 saturated heterocycles. The topological polar surface area (TPSA) is 142 Å². The standard InChI is InChI=1S/C18H18N4O6/c1-27-15-7-11(3-5-13(15)23)9-19-21-17(25)18(26)22-20-10-12-4-6-14(24)16(8-12)28-2/h3-10,23-24H,1-2H3,(H,21,25)(H,22,26)/b19-9-,20-10-. The Morgan fingerprint density at radius 3 is 1.57 bits per heavy atom. The number of carbonyl (C=O) groups is 2. The zero-order valence-corrected chi connectivity index (χ0v) is 15.0. The lowest BCUT2D eigenvalue weighted by Crippen LogP contribution is -2.35. The van der Waals surface area contributed by atoms with E-state index in [1.165, 1.54) is 50.9 Å². The minimum Gasteiger partial charge on any atom is -0.504 e. The fourth-order valence-electron chi connectivity index (χ4n) is 1.98. The summed E-state index contributed by atoms with van der Waals surface area (Å²) in [5, 5.41) is 26.3. The first-order valence-corrected chi connectivity index (χ1v) is 7.85. The average Bonchev–Trinajstić information content (AvgIpc) is 2.70. The van der Waals surface area contributed by atoms with Crippen LogP contribution in [0.5, 0.6) is 23.0 Å². The molecule has 2 aromatic rings. The van der Waals surface area contributed by atoms with Gasteiger partial charge in [-0.1, -0.05) is 0 Å². The van der Waals surface area contributed by atoms with Gasteiger partial charge in [0.2, 0.25) is 0 Å². The summed E-state index contributed by atoms with van der Waals surface area (Å²) in [6.07, 6.45) is 2.55. The van der Waals surface area contributed by atoms with E-state index in [0.29, 0.717) is 11.1 Å². The molecule has 10 heteroatoms. The summed E-state index contributed by atoms with van der Waals surface area (Å²) < 4.78 is 9.90. The summed E-state index contributed by atoms with van der Waals surface area (Å²) in [7, 11) is 2.80. The Hall–Kier alpha value is -4.08. The number of benzene rings is 2. The Morgan fingerprint density at radius 2 is 1.21 bits per heavy atom. The van der Waals surface area contributed by atoms with Gasteiger partial charge in [-0.05, 0) is 47.5 Å². The van der Waals surface area contributed by atoms with Crippen LogP contribution in [0.2, 0.25) is 0 Å². The van der Waals surface area contributed by atoms with Gasteiger partial charge in [0.25, 0.3) is 0 Å². The van der Waals surface area contributed by atoms with E-state index in [0.717, 1.165) is 0 Å². The molecular weight excluding hydrogens is 368 g/mol. The number of rotatable bonds is 6. The third kappa shape index (κ3) is 5.46. The molecule has 0 bridgehead atoms. The van der Waals surface area contributed by atoms with Gasteiger partial charge in [0.05, 0.1) is 26.6 Å². The van der Waals surface area contributed by atoms with E-state index >= 15 is 0 Å². The molecule has 146 valence electrons. The first-order valence-electron chi connectivity index (χ1n) is 7.85. The molecule has 0 radical (unpaired) electrons. The lowest BCUT2D eigenvalue weighted by Gasteiger charge is -2.04. The summed E-state index contributed by atoms with van der Waals surface area (Å²) in [5.74, 6) is -1.63. The average molecular weight is 386 g/mol. The van der Waals surface area contributed by atoms with E-state index in [1.54, 1.807) is 12.1 Å². The molecule has 0 aromatic heterocycles. The van der Waals surface area contributed by atoms with Crippen LogP contribution in [-0.2, 0) is 9.59 Å². The Bertz CT molecular complexity index is 851. The minimum atomic E-state index is -1.03. The van der Waals surface area contributed by atoms with Gasteiger partial charge >= 0.3 is 11.8 Å². The molecule has 0 saturated carbocycles. The number of nitrogens with zero attached hydrogens (tertiary/aromatic N) is 2. The normalized spacial score (nSPS) is 10.8. The van der Waals surface area contributed by atoms with Crippen molar-refractivity contribution < 1.29 is 29.3 Å². The van der Waals surface area contributed by atoms with Crippen molar-refractivity contribution in [3.63, 3.8) is 0 Å². The number of methoxy groups -OCH3 is 2. The second kappa shape index (κ2) is 9.57. The summed E-state index contributed by atoms with van der Waals surface area (Å²) in [5.41, 5.74) is 5.16. The van der Waals surface area contributed by atoms with Crippen molar-refractivity contribution >= 4 is 24.2 Å². The predicted molar refractivity (Wildman–Crippen MR) is 101 cm³/mol. The Morgan fingerprint density at radius 1 is 0.821 bits per heavy atom. The Balaban J connectivity index is 1.88. The number of aromatic hydroxyl groups is 2. The SMILES string of the molecule is COc1cc(/C=N\NC(=O)C(=O)N/N=C\c2ccc(O)c(OC)c2)ccc1O. The molecule has 4 N–H and O–H groups in total.